The molecule has 0 fully saturated rings. The lowest BCUT2D eigenvalue weighted by Gasteiger charge is -2.19. The minimum atomic E-state index is 0.327. The van der Waals surface area contributed by atoms with Crippen molar-refractivity contribution < 1.29 is 0 Å². The van der Waals surface area contributed by atoms with Crippen molar-refractivity contribution in [3.05, 3.63) is 51.0 Å². The van der Waals surface area contributed by atoms with E-state index in [4.69, 9.17) is 5.73 Å². The standard InChI is InChI=1S/C19H16BrN3/c20-13-8-6-12(7-9-13)18-15-5-3-1-2-4-14(15)16(10-21)19(23)17(18)11-22/h6-9H,1-5,23H2. The quantitative estimate of drug-likeness (QED) is 0.587. The highest BCUT2D eigenvalue weighted by Gasteiger charge is 2.24. The first-order valence-electron chi connectivity index (χ1n) is 7.70. The van der Waals surface area contributed by atoms with Gasteiger partial charge in [-0.1, -0.05) is 34.5 Å². The number of anilines is 1. The average Bonchev–Trinajstić information content (AvgIpc) is 2.80. The predicted octanol–water partition coefficient (Wildman–Crippen LogP) is 4.71. The number of nitrogen functional groups attached to an aromatic ring is 1. The van der Waals surface area contributed by atoms with Crippen LogP contribution in [-0.4, -0.2) is 0 Å². The first kappa shape index (κ1) is 15.6. The maximum Gasteiger partial charge on any atom is 0.102 e. The molecule has 0 bridgehead atoms. The first-order valence-corrected chi connectivity index (χ1v) is 8.50. The van der Waals surface area contributed by atoms with E-state index in [1.807, 2.05) is 24.3 Å². The number of benzene rings is 2. The van der Waals surface area contributed by atoms with Crippen LogP contribution in [0.2, 0.25) is 0 Å². The molecule has 3 nitrogen and oxygen atoms in total. The van der Waals surface area contributed by atoms with Crippen LogP contribution < -0.4 is 5.73 Å². The summed E-state index contributed by atoms with van der Waals surface area (Å²) in [7, 11) is 0. The highest BCUT2D eigenvalue weighted by molar-refractivity contribution is 9.10. The molecule has 0 heterocycles. The van der Waals surface area contributed by atoms with Crippen molar-refractivity contribution in [3.8, 4) is 23.3 Å². The number of hydrogen-bond donors (Lipinski definition) is 1. The second-order valence-corrected chi connectivity index (χ2v) is 6.70. The van der Waals surface area contributed by atoms with Crippen LogP contribution in [-0.2, 0) is 12.8 Å². The smallest absolute Gasteiger partial charge is 0.102 e. The van der Waals surface area contributed by atoms with Crippen molar-refractivity contribution in [1.29, 1.82) is 10.5 Å². The van der Waals surface area contributed by atoms with Crippen LogP contribution in [0.25, 0.3) is 11.1 Å². The summed E-state index contributed by atoms with van der Waals surface area (Å²) < 4.78 is 0.993. The normalized spacial score (nSPS) is 13.5. The molecule has 0 radical (unpaired) electrons. The van der Waals surface area contributed by atoms with E-state index in [1.165, 1.54) is 0 Å². The lowest BCUT2D eigenvalue weighted by molar-refractivity contribution is 0.711. The minimum Gasteiger partial charge on any atom is -0.397 e. The molecule has 0 saturated carbocycles. The number of halogens is 1. The number of nitrogens with two attached hydrogens (primary N) is 1. The zero-order valence-electron chi connectivity index (χ0n) is 12.7. The van der Waals surface area contributed by atoms with Gasteiger partial charge in [0.15, 0.2) is 0 Å². The lowest BCUT2D eigenvalue weighted by atomic mass is 9.85. The summed E-state index contributed by atoms with van der Waals surface area (Å²) in [5, 5.41) is 19.2. The van der Waals surface area contributed by atoms with Crippen LogP contribution in [0.1, 0.15) is 41.5 Å². The number of nitriles is 2. The average molecular weight is 366 g/mol. The van der Waals surface area contributed by atoms with E-state index < -0.39 is 0 Å². The molecule has 2 aromatic rings. The molecule has 0 aliphatic heterocycles. The predicted molar refractivity (Wildman–Crippen MR) is 94.7 cm³/mol. The van der Waals surface area contributed by atoms with Crippen LogP contribution >= 0.6 is 15.9 Å². The highest BCUT2D eigenvalue weighted by atomic mass is 79.9. The highest BCUT2D eigenvalue weighted by Crippen LogP contribution is 2.39. The number of nitrogens with zero attached hydrogens (tertiary/aromatic N) is 2. The summed E-state index contributed by atoms with van der Waals surface area (Å²) in [6.07, 6.45) is 5.03. The molecule has 4 heteroatoms. The Labute approximate surface area is 144 Å². The van der Waals surface area contributed by atoms with E-state index in [9.17, 15) is 10.5 Å². The molecule has 0 atom stereocenters. The molecule has 1 aliphatic carbocycles. The van der Waals surface area contributed by atoms with Crippen LogP contribution in [0.3, 0.4) is 0 Å². The van der Waals surface area contributed by atoms with E-state index in [-0.39, 0.29) is 0 Å². The third-order valence-corrected chi connectivity index (χ3v) is 5.00. The van der Waals surface area contributed by atoms with Crippen molar-refractivity contribution in [2.75, 3.05) is 5.73 Å². The third-order valence-electron chi connectivity index (χ3n) is 4.47. The van der Waals surface area contributed by atoms with Gasteiger partial charge in [-0.15, -0.1) is 0 Å². The summed E-state index contributed by atoms with van der Waals surface area (Å²) in [6, 6.07) is 12.4. The first-order chi connectivity index (χ1) is 11.2. The maximum absolute atomic E-state index is 9.66. The Morgan fingerprint density at radius 2 is 1.48 bits per heavy atom. The van der Waals surface area contributed by atoms with Gasteiger partial charge in [-0.05, 0) is 54.5 Å². The summed E-state index contributed by atoms with van der Waals surface area (Å²) in [5.74, 6) is 0. The molecule has 114 valence electrons. The van der Waals surface area contributed by atoms with Crippen molar-refractivity contribution in [2.45, 2.75) is 32.1 Å². The van der Waals surface area contributed by atoms with Crippen molar-refractivity contribution >= 4 is 21.6 Å². The van der Waals surface area contributed by atoms with E-state index in [1.54, 1.807) is 0 Å². The van der Waals surface area contributed by atoms with Crippen LogP contribution in [0.5, 0.6) is 0 Å². The fourth-order valence-corrected chi connectivity index (χ4v) is 3.65. The molecule has 23 heavy (non-hydrogen) atoms. The molecule has 0 amide bonds. The topological polar surface area (TPSA) is 73.6 Å². The largest absolute Gasteiger partial charge is 0.397 e. The summed E-state index contributed by atoms with van der Waals surface area (Å²) in [4.78, 5) is 0. The van der Waals surface area contributed by atoms with Gasteiger partial charge in [0.1, 0.15) is 12.1 Å². The minimum absolute atomic E-state index is 0.327. The van der Waals surface area contributed by atoms with E-state index in [0.717, 1.165) is 58.8 Å². The zero-order chi connectivity index (χ0) is 16.4. The zero-order valence-corrected chi connectivity index (χ0v) is 14.3. The fraction of sp³-hybridized carbons (Fsp3) is 0.263. The van der Waals surface area contributed by atoms with Crippen molar-refractivity contribution in [1.82, 2.24) is 0 Å². The molecule has 2 aromatic carbocycles. The molecule has 1 aliphatic rings. The third kappa shape index (κ3) is 2.71. The second kappa shape index (κ2) is 6.44. The van der Waals surface area contributed by atoms with E-state index in [0.29, 0.717) is 16.8 Å². The second-order valence-electron chi connectivity index (χ2n) is 5.79. The van der Waals surface area contributed by atoms with Gasteiger partial charge >= 0.3 is 0 Å². The van der Waals surface area contributed by atoms with Crippen LogP contribution in [0.4, 0.5) is 5.69 Å². The monoisotopic (exact) mass is 365 g/mol. The Kier molecular flexibility index (Phi) is 4.37. The Morgan fingerprint density at radius 1 is 0.870 bits per heavy atom. The van der Waals surface area contributed by atoms with Crippen molar-refractivity contribution in [3.63, 3.8) is 0 Å². The van der Waals surface area contributed by atoms with Gasteiger partial charge < -0.3 is 5.73 Å². The van der Waals surface area contributed by atoms with Gasteiger partial charge in [0.05, 0.1) is 16.8 Å². The molecule has 0 aromatic heterocycles. The fourth-order valence-electron chi connectivity index (χ4n) is 3.39. The summed E-state index contributed by atoms with van der Waals surface area (Å²) in [6.45, 7) is 0. The Hall–Kier alpha value is -2.30. The van der Waals surface area contributed by atoms with Crippen molar-refractivity contribution in [2.24, 2.45) is 0 Å². The number of hydrogen-bond acceptors (Lipinski definition) is 3. The summed E-state index contributed by atoms with van der Waals surface area (Å²) >= 11 is 3.45. The van der Waals surface area contributed by atoms with E-state index in [2.05, 4.69) is 28.1 Å². The maximum atomic E-state index is 9.66. The molecular weight excluding hydrogens is 350 g/mol. The molecular formula is C19H16BrN3. The van der Waals surface area contributed by atoms with Gasteiger partial charge in [-0.3, -0.25) is 0 Å². The van der Waals surface area contributed by atoms with Gasteiger partial charge in [0.25, 0.3) is 0 Å². The summed E-state index contributed by atoms with van der Waals surface area (Å²) in [5.41, 5.74) is 11.5. The molecule has 0 spiro atoms. The Morgan fingerprint density at radius 3 is 2.09 bits per heavy atom. The Balaban J connectivity index is 2.38. The Bertz CT molecular complexity index is 839. The van der Waals surface area contributed by atoms with Gasteiger partial charge in [0.2, 0.25) is 0 Å². The molecule has 0 unspecified atom stereocenters. The van der Waals surface area contributed by atoms with Crippen LogP contribution in [0.15, 0.2) is 28.7 Å². The number of fused-ring (bicyclic) bond motifs is 1. The van der Waals surface area contributed by atoms with Gasteiger partial charge in [-0.2, -0.15) is 10.5 Å². The van der Waals surface area contributed by atoms with Crippen LogP contribution in [0, 0.1) is 22.7 Å². The van der Waals surface area contributed by atoms with E-state index >= 15 is 0 Å². The van der Waals surface area contributed by atoms with Gasteiger partial charge in [-0.25, -0.2) is 0 Å². The molecule has 3 rings (SSSR count). The molecule has 0 saturated heterocycles. The SMILES string of the molecule is N#Cc1c(N)c(C#N)c(-c2ccc(Br)cc2)c2c1CCCCC2. The van der Waals surface area contributed by atoms with Gasteiger partial charge in [0, 0.05) is 10.0 Å². The lowest BCUT2D eigenvalue weighted by Crippen LogP contribution is -2.07. The number of rotatable bonds is 1. The molecule has 2 N–H and O–H groups in total.